The summed E-state index contributed by atoms with van der Waals surface area (Å²) < 4.78 is 14.6. The summed E-state index contributed by atoms with van der Waals surface area (Å²) in [5.41, 5.74) is 1.33. The normalized spacial score (nSPS) is 22.4. The van der Waals surface area contributed by atoms with Gasteiger partial charge in [0, 0.05) is 6.42 Å². The van der Waals surface area contributed by atoms with Crippen LogP contribution in [0.5, 0.6) is 5.75 Å². The number of pyridine rings is 1. The van der Waals surface area contributed by atoms with E-state index in [9.17, 15) is 19.1 Å². The van der Waals surface area contributed by atoms with Gasteiger partial charge in [-0.25, -0.2) is 9.37 Å². The number of benzene rings is 1. The standard InChI is InChI=1S/C24H26FN5O3/c25-16-12-20(22(32)28-21-9-8-18-19(27-21)13-26-29-18)30(14-16)23(33)24(10-2-1-3-11-24)15-4-6-17(31)7-5-15/h4-9,13,16,20,31H,1-3,10-12,14H2,(H,26,29)(H,27,28,32)/t16-,20-/m1/s1. The van der Waals surface area contributed by atoms with Crippen molar-refractivity contribution in [3.8, 4) is 5.75 Å². The second-order valence-corrected chi connectivity index (χ2v) is 8.98. The molecule has 33 heavy (non-hydrogen) atoms. The van der Waals surface area contributed by atoms with Crippen molar-refractivity contribution < 1.29 is 19.1 Å². The number of phenolic OH excluding ortho intramolecular Hbond substituents is 1. The molecule has 1 aliphatic carbocycles. The van der Waals surface area contributed by atoms with Gasteiger partial charge in [0.05, 0.1) is 23.7 Å². The van der Waals surface area contributed by atoms with Gasteiger partial charge in [0.2, 0.25) is 11.8 Å². The average Bonchev–Trinajstić information content (AvgIpc) is 3.45. The Hall–Kier alpha value is -3.49. The number of phenols is 1. The molecular weight excluding hydrogens is 425 g/mol. The van der Waals surface area contributed by atoms with Gasteiger partial charge < -0.3 is 15.3 Å². The number of H-pyrrole nitrogens is 1. The van der Waals surface area contributed by atoms with Gasteiger partial charge in [-0.3, -0.25) is 14.7 Å². The van der Waals surface area contributed by atoms with Gasteiger partial charge in [-0.15, -0.1) is 0 Å². The number of likely N-dealkylation sites (tertiary alicyclic amines) is 1. The molecule has 0 unspecified atom stereocenters. The third kappa shape index (κ3) is 3.92. The molecule has 2 amide bonds. The molecule has 0 radical (unpaired) electrons. The molecule has 0 spiro atoms. The van der Waals surface area contributed by atoms with Gasteiger partial charge in [0.15, 0.2) is 0 Å². The summed E-state index contributed by atoms with van der Waals surface area (Å²) in [5, 5.41) is 19.2. The lowest BCUT2D eigenvalue weighted by Gasteiger charge is -2.40. The maximum absolute atomic E-state index is 14.6. The van der Waals surface area contributed by atoms with Crippen molar-refractivity contribution in [3.63, 3.8) is 0 Å². The van der Waals surface area contributed by atoms with E-state index >= 15 is 0 Å². The van der Waals surface area contributed by atoms with Crippen LogP contribution in [-0.4, -0.2) is 55.8 Å². The van der Waals surface area contributed by atoms with E-state index < -0.39 is 23.5 Å². The molecule has 1 saturated heterocycles. The van der Waals surface area contributed by atoms with Crippen LogP contribution in [-0.2, 0) is 15.0 Å². The van der Waals surface area contributed by atoms with Crippen LogP contribution in [0, 0.1) is 0 Å². The van der Waals surface area contributed by atoms with Crippen molar-refractivity contribution in [1.29, 1.82) is 0 Å². The minimum atomic E-state index is -1.27. The highest BCUT2D eigenvalue weighted by atomic mass is 19.1. The Morgan fingerprint density at radius 2 is 1.88 bits per heavy atom. The lowest BCUT2D eigenvalue weighted by Crippen LogP contribution is -2.52. The van der Waals surface area contributed by atoms with Crippen LogP contribution in [0.4, 0.5) is 10.2 Å². The molecule has 2 aromatic heterocycles. The summed E-state index contributed by atoms with van der Waals surface area (Å²) in [5.74, 6) is -0.210. The lowest BCUT2D eigenvalue weighted by atomic mass is 9.68. The number of nitrogens with zero attached hydrogens (tertiary/aromatic N) is 3. The first kappa shape index (κ1) is 21.4. The lowest BCUT2D eigenvalue weighted by molar-refractivity contribution is -0.143. The SMILES string of the molecule is O=C(Nc1ccc2[nH]ncc2n1)[C@H]1C[C@@H](F)CN1C(=O)C1(c2ccc(O)cc2)CCCCC1. The van der Waals surface area contributed by atoms with E-state index in [0.29, 0.717) is 24.2 Å². The van der Waals surface area contributed by atoms with Crippen LogP contribution in [0.15, 0.2) is 42.6 Å². The molecule has 8 nitrogen and oxygen atoms in total. The summed E-state index contributed by atoms with van der Waals surface area (Å²) in [6, 6.07) is 9.16. The number of nitrogens with one attached hydrogen (secondary N) is 2. The zero-order valence-corrected chi connectivity index (χ0v) is 18.1. The highest BCUT2D eigenvalue weighted by molar-refractivity contribution is 5.99. The fourth-order valence-corrected chi connectivity index (χ4v) is 5.20. The molecule has 1 saturated carbocycles. The number of aromatic hydroxyl groups is 1. The van der Waals surface area contributed by atoms with Crippen molar-refractivity contribution in [1.82, 2.24) is 20.1 Å². The first-order valence-electron chi connectivity index (χ1n) is 11.3. The smallest absolute Gasteiger partial charge is 0.248 e. The van der Waals surface area contributed by atoms with E-state index in [2.05, 4.69) is 20.5 Å². The fourth-order valence-electron chi connectivity index (χ4n) is 5.20. The molecule has 3 aromatic rings. The highest BCUT2D eigenvalue weighted by Crippen LogP contribution is 2.43. The predicted octanol–water partition coefficient (Wildman–Crippen LogP) is 3.44. The zero-order chi connectivity index (χ0) is 23.0. The third-order valence-corrected chi connectivity index (χ3v) is 6.90. The van der Waals surface area contributed by atoms with E-state index in [1.54, 1.807) is 42.6 Å². The second-order valence-electron chi connectivity index (χ2n) is 8.98. The molecule has 0 bridgehead atoms. The Labute approximate surface area is 190 Å². The molecule has 172 valence electrons. The number of hydrogen-bond donors (Lipinski definition) is 3. The number of alkyl halides is 1. The van der Waals surface area contributed by atoms with Crippen LogP contribution in [0.2, 0.25) is 0 Å². The monoisotopic (exact) mass is 451 g/mol. The Kier molecular flexibility index (Phi) is 5.47. The van der Waals surface area contributed by atoms with E-state index in [4.69, 9.17) is 0 Å². The first-order chi connectivity index (χ1) is 16.0. The summed E-state index contributed by atoms with van der Waals surface area (Å²) in [6.45, 7) is -0.106. The number of aromatic amines is 1. The van der Waals surface area contributed by atoms with Crippen LogP contribution in [0.25, 0.3) is 11.0 Å². The molecule has 1 aromatic carbocycles. The Morgan fingerprint density at radius 1 is 1.12 bits per heavy atom. The Morgan fingerprint density at radius 3 is 2.64 bits per heavy atom. The Balaban J connectivity index is 1.42. The maximum atomic E-state index is 14.6. The van der Waals surface area contributed by atoms with Crippen LogP contribution in [0.3, 0.4) is 0 Å². The van der Waals surface area contributed by atoms with Gasteiger partial charge >= 0.3 is 0 Å². The van der Waals surface area contributed by atoms with Crippen molar-refractivity contribution in [2.45, 2.75) is 56.2 Å². The number of hydrogen-bond acceptors (Lipinski definition) is 5. The largest absolute Gasteiger partial charge is 0.508 e. The Bertz CT molecular complexity index is 1170. The summed E-state index contributed by atoms with van der Waals surface area (Å²) in [4.78, 5) is 32.9. The number of aromatic nitrogens is 3. The van der Waals surface area contributed by atoms with Crippen LogP contribution < -0.4 is 5.32 Å². The van der Waals surface area contributed by atoms with E-state index in [1.807, 2.05) is 0 Å². The fraction of sp³-hybridized carbons (Fsp3) is 0.417. The van der Waals surface area contributed by atoms with Crippen molar-refractivity contribution in [2.75, 3.05) is 11.9 Å². The van der Waals surface area contributed by atoms with Gasteiger partial charge in [0.1, 0.15) is 29.3 Å². The minimum Gasteiger partial charge on any atom is -0.508 e. The zero-order valence-electron chi connectivity index (χ0n) is 18.1. The minimum absolute atomic E-state index is 0.0445. The molecule has 5 rings (SSSR count). The van der Waals surface area contributed by atoms with Crippen molar-refractivity contribution in [3.05, 3.63) is 48.2 Å². The molecule has 1 aliphatic heterocycles. The predicted molar refractivity (Wildman–Crippen MR) is 120 cm³/mol. The maximum Gasteiger partial charge on any atom is 0.248 e. The second kappa shape index (κ2) is 8.46. The van der Waals surface area contributed by atoms with Gasteiger partial charge in [-0.2, -0.15) is 5.10 Å². The molecule has 9 heteroatoms. The third-order valence-electron chi connectivity index (χ3n) is 6.90. The molecule has 2 atom stereocenters. The van der Waals surface area contributed by atoms with E-state index in [1.165, 1.54) is 4.90 Å². The number of halogens is 1. The first-order valence-corrected chi connectivity index (χ1v) is 11.3. The number of fused-ring (bicyclic) bond motifs is 1. The van der Waals surface area contributed by atoms with Crippen molar-refractivity contribution in [2.24, 2.45) is 0 Å². The molecular formula is C24H26FN5O3. The van der Waals surface area contributed by atoms with Crippen LogP contribution in [0.1, 0.15) is 44.1 Å². The molecule has 3 N–H and O–H groups in total. The van der Waals surface area contributed by atoms with Gasteiger partial charge in [-0.1, -0.05) is 31.4 Å². The summed E-state index contributed by atoms with van der Waals surface area (Å²) in [7, 11) is 0. The number of carbonyl (C=O) groups excluding carboxylic acids is 2. The summed E-state index contributed by atoms with van der Waals surface area (Å²) in [6.07, 6.45) is 4.31. The molecule has 2 aliphatic rings. The quantitative estimate of drug-likeness (QED) is 0.563. The number of carbonyl (C=O) groups is 2. The van der Waals surface area contributed by atoms with Crippen molar-refractivity contribution >= 4 is 28.7 Å². The number of rotatable bonds is 4. The molecule has 3 heterocycles. The molecule has 2 fully saturated rings. The number of amides is 2. The number of anilines is 1. The highest BCUT2D eigenvalue weighted by Gasteiger charge is 2.49. The summed E-state index contributed by atoms with van der Waals surface area (Å²) >= 11 is 0. The van der Waals surface area contributed by atoms with Gasteiger partial charge in [-0.05, 0) is 42.7 Å². The van der Waals surface area contributed by atoms with Gasteiger partial charge in [0.25, 0.3) is 0 Å². The topological polar surface area (TPSA) is 111 Å². The van der Waals surface area contributed by atoms with E-state index in [0.717, 1.165) is 30.3 Å². The van der Waals surface area contributed by atoms with E-state index in [-0.39, 0.29) is 24.6 Å². The van der Waals surface area contributed by atoms with Crippen LogP contribution >= 0.6 is 0 Å². The average molecular weight is 452 g/mol.